The first-order valence-corrected chi connectivity index (χ1v) is 6.38. The number of aryl methyl sites for hydroxylation is 3. The number of rotatable bonds is 3. The van der Waals surface area contributed by atoms with Crippen molar-refractivity contribution in [2.75, 3.05) is 0 Å². The Balaban J connectivity index is 2.56. The molecule has 2 aromatic rings. The van der Waals surface area contributed by atoms with E-state index in [-0.39, 0.29) is 5.92 Å². The lowest BCUT2D eigenvalue weighted by Gasteiger charge is -2.19. The summed E-state index contributed by atoms with van der Waals surface area (Å²) in [5.74, 6) is 0.284. The average molecular weight is 236 g/mol. The molecule has 0 saturated heterocycles. The molecular formula is C18H20. The van der Waals surface area contributed by atoms with E-state index in [0.29, 0.717) is 0 Å². The normalized spacial score (nSPS) is 12.2. The van der Waals surface area contributed by atoms with Crippen LogP contribution in [0.5, 0.6) is 0 Å². The maximum Gasteiger partial charge on any atom is 0.0272 e. The van der Waals surface area contributed by atoms with Gasteiger partial charge in [-0.2, -0.15) is 0 Å². The Morgan fingerprint density at radius 3 is 2.00 bits per heavy atom. The summed E-state index contributed by atoms with van der Waals surface area (Å²) in [6.07, 6.45) is 2.04. The first-order chi connectivity index (χ1) is 8.63. The van der Waals surface area contributed by atoms with E-state index in [2.05, 4.69) is 69.8 Å². The second-order valence-corrected chi connectivity index (χ2v) is 4.94. The minimum atomic E-state index is 0.284. The first kappa shape index (κ1) is 12.6. The zero-order valence-corrected chi connectivity index (χ0v) is 11.4. The Kier molecular flexibility index (Phi) is 3.66. The summed E-state index contributed by atoms with van der Waals surface area (Å²) in [6.45, 7) is 10.5. The third-order valence-corrected chi connectivity index (χ3v) is 3.44. The van der Waals surface area contributed by atoms with Crippen molar-refractivity contribution in [2.24, 2.45) is 0 Å². The highest BCUT2D eigenvalue weighted by Gasteiger charge is 2.15. The molecule has 0 N–H and O–H groups in total. The van der Waals surface area contributed by atoms with E-state index in [0.717, 1.165) is 0 Å². The van der Waals surface area contributed by atoms with Crippen LogP contribution < -0.4 is 0 Å². The Hall–Kier alpha value is -1.82. The zero-order valence-electron chi connectivity index (χ0n) is 11.4. The Morgan fingerprint density at radius 2 is 1.50 bits per heavy atom. The summed E-state index contributed by atoms with van der Waals surface area (Å²) >= 11 is 0. The van der Waals surface area contributed by atoms with Crippen molar-refractivity contribution < 1.29 is 0 Å². The van der Waals surface area contributed by atoms with Crippen LogP contribution in [0.1, 0.15) is 33.7 Å². The maximum atomic E-state index is 4.02. The van der Waals surface area contributed by atoms with E-state index in [9.17, 15) is 0 Å². The molecule has 0 aliphatic heterocycles. The summed E-state index contributed by atoms with van der Waals surface area (Å²) in [5, 5.41) is 0. The summed E-state index contributed by atoms with van der Waals surface area (Å²) in [4.78, 5) is 0. The van der Waals surface area contributed by atoms with Gasteiger partial charge in [-0.1, -0.05) is 54.1 Å². The number of benzene rings is 2. The Morgan fingerprint density at radius 1 is 0.944 bits per heavy atom. The molecule has 0 saturated carbocycles. The molecule has 2 aromatic carbocycles. The molecule has 0 amide bonds. The van der Waals surface area contributed by atoms with E-state index >= 15 is 0 Å². The maximum absolute atomic E-state index is 4.02. The summed E-state index contributed by atoms with van der Waals surface area (Å²) < 4.78 is 0. The van der Waals surface area contributed by atoms with Crippen LogP contribution in [0.3, 0.4) is 0 Å². The Bertz CT molecular complexity index is 527. The second kappa shape index (κ2) is 5.22. The second-order valence-electron chi connectivity index (χ2n) is 4.94. The molecule has 0 fully saturated rings. The highest BCUT2D eigenvalue weighted by atomic mass is 14.2. The van der Waals surface area contributed by atoms with Crippen LogP contribution in [0.15, 0.2) is 55.1 Å². The van der Waals surface area contributed by atoms with Crippen LogP contribution in [0.4, 0.5) is 0 Å². The molecule has 0 heterocycles. The SMILES string of the molecule is C=CC(c1ccccc1)c1c(C)cc(C)cc1C. The van der Waals surface area contributed by atoms with Crippen molar-refractivity contribution in [3.63, 3.8) is 0 Å². The molecule has 0 aromatic heterocycles. The lowest BCUT2D eigenvalue weighted by Crippen LogP contribution is -2.03. The molecule has 0 heteroatoms. The molecule has 0 aliphatic rings. The molecule has 2 rings (SSSR count). The summed E-state index contributed by atoms with van der Waals surface area (Å²) in [7, 11) is 0. The predicted octanol–water partition coefficient (Wildman–Crippen LogP) is 4.93. The van der Waals surface area contributed by atoms with E-state index in [1.807, 2.05) is 6.08 Å². The molecule has 0 radical (unpaired) electrons. The average Bonchev–Trinajstić information content (AvgIpc) is 2.34. The molecule has 92 valence electrons. The van der Waals surface area contributed by atoms with Gasteiger partial charge in [-0.15, -0.1) is 6.58 Å². The van der Waals surface area contributed by atoms with Crippen molar-refractivity contribution in [2.45, 2.75) is 26.7 Å². The molecule has 0 spiro atoms. The molecule has 0 aliphatic carbocycles. The van der Waals surface area contributed by atoms with Gasteiger partial charge in [0.1, 0.15) is 0 Å². The van der Waals surface area contributed by atoms with Gasteiger partial charge >= 0.3 is 0 Å². The third kappa shape index (κ3) is 2.38. The van der Waals surface area contributed by atoms with Crippen LogP contribution in [0, 0.1) is 20.8 Å². The van der Waals surface area contributed by atoms with Crippen LogP contribution >= 0.6 is 0 Å². The highest BCUT2D eigenvalue weighted by molar-refractivity contribution is 5.46. The van der Waals surface area contributed by atoms with Crippen molar-refractivity contribution in [3.8, 4) is 0 Å². The monoisotopic (exact) mass is 236 g/mol. The quantitative estimate of drug-likeness (QED) is 0.663. The zero-order chi connectivity index (χ0) is 13.1. The fraction of sp³-hybridized carbons (Fsp3) is 0.222. The number of hydrogen-bond donors (Lipinski definition) is 0. The molecular weight excluding hydrogens is 216 g/mol. The van der Waals surface area contributed by atoms with Crippen LogP contribution in [0.25, 0.3) is 0 Å². The summed E-state index contributed by atoms with van der Waals surface area (Å²) in [5.41, 5.74) is 6.72. The molecule has 1 atom stereocenters. The molecule has 1 unspecified atom stereocenters. The minimum absolute atomic E-state index is 0.284. The molecule has 0 nitrogen and oxygen atoms in total. The van der Waals surface area contributed by atoms with Gasteiger partial charge in [0.25, 0.3) is 0 Å². The van der Waals surface area contributed by atoms with Crippen molar-refractivity contribution >= 4 is 0 Å². The Labute approximate surface area is 110 Å². The van der Waals surface area contributed by atoms with Gasteiger partial charge in [0.05, 0.1) is 0 Å². The number of allylic oxidation sites excluding steroid dienone is 1. The minimum Gasteiger partial charge on any atom is -0.102 e. The van der Waals surface area contributed by atoms with Crippen molar-refractivity contribution in [1.29, 1.82) is 0 Å². The lowest BCUT2D eigenvalue weighted by molar-refractivity contribution is 0.988. The summed E-state index contributed by atoms with van der Waals surface area (Å²) in [6, 6.07) is 15.1. The van der Waals surface area contributed by atoms with Gasteiger partial charge in [0.15, 0.2) is 0 Å². The molecule has 18 heavy (non-hydrogen) atoms. The third-order valence-electron chi connectivity index (χ3n) is 3.44. The fourth-order valence-electron chi connectivity index (χ4n) is 2.76. The van der Waals surface area contributed by atoms with E-state index in [1.165, 1.54) is 27.8 Å². The van der Waals surface area contributed by atoms with Crippen LogP contribution in [-0.2, 0) is 0 Å². The largest absolute Gasteiger partial charge is 0.102 e. The van der Waals surface area contributed by atoms with Gasteiger partial charge in [0.2, 0.25) is 0 Å². The van der Waals surface area contributed by atoms with Gasteiger partial charge < -0.3 is 0 Å². The van der Waals surface area contributed by atoms with Gasteiger partial charge in [-0.05, 0) is 43.0 Å². The van der Waals surface area contributed by atoms with E-state index < -0.39 is 0 Å². The van der Waals surface area contributed by atoms with E-state index in [1.54, 1.807) is 0 Å². The van der Waals surface area contributed by atoms with Gasteiger partial charge in [0, 0.05) is 5.92 Å². The predicted molar refractivity (Wildman–Crippen MR) is 79.1 cm³/mol. The molecule has 0 bridgehead atoms. The van der Waals surface area contributed by atoms with Crippen molar-refractivity contribution in [1.82, 2.24) is 0 Å². The van der Waals surface area contributed by atoms with E-state index in [4.69, 9.17) is 0 Å². The van der Waals surface area contributed by atoms with Crippen LogP contribution in [0.2, 0.25) is 0 Å². The highest BCUT2D eigenvalue weighted by Crippen LogP contribution is 2.31. The van der Waals surface area contributed by atoms with Gasteiger partial charge in [-0.3, -0.25) is 0 Å². The lowest BCUT2D eigenvalue weighted by atomic mass is 9.85. The van der Waals surface area contributed by atoms with Crippen LogP contribution in [-0.4, -0.2) is 0 Å². The standard InChI is InChI=1S/C18H20/c1-5-17(16-9-7-6-8-10-16)18-14(3)11-13(2)12-15(18)4/h5-12,17H,1H2,2-4H3. The van der Waals surface area contributed by atoms with Crippen molar-refractivity contribution in [3.05, 3.63) is 82.9 Å². The topological polar surface area (TPSA) is 0 Å². The smallest absolute Gasteiger partial charge is 0.0272 e. The fourth-order valence-corrected chi connectivity index (χ4v) is 2.76. The van der Waals surface area contributed by atoms with Gasteiger partial charge in [-0.25, -0.2) is 0 Å². The number of hydrogen-bond acceptors (Lipinski definition) is 0. The first-order valence-electron chi connectivity index (χ1n) is 6.38.